The first-order valence-corrected chi connectivity index (χ1v) is 10.1. The van der Waals surface area contributed by atoms with Crippen molar-refractivity contribution in [2.45, 2.75) is 19.4 Å². The smallest absolute Gasteiger partial charge is 0.258 e. The zero-order valence-corrected chi connectivity index (χ0v) is 17.8. The number of primary amides is 1. The van der Waals surface area contributed by atoms with Gasteiger partial charge in [0, 0.05) is 11.8 Å². The molecule has 0 radical (unpaired) electrons. The molecule has 1 aromatic heterocycles. The lowest BCUT2D eigenvalue weighted by atomic mass is 9.95. The van der Waals surface area contributed by atoms with Crippen LogP contribution in [0.4, 0.5) is 5.69 Å². The number of nitrogens with zero attached hydrogens (tertiary/aromatic N) is 1. The standard InChI is InChI=1S/C23H24N4O5/c1-13(22(24)28)32-21-9-14(17-10-25-26-11-17)3-5-19(21)27-23(29)16-7-15-8-18(30-2)4-6-20(15)31-12-16/h3-6,8-11,13,16H,7,12H2,1-2H3,(H2,24,28)(H,25,26)(H,27,29)/t13-,16-/m0/s1. The predicted molar refractivity (Wildman–Crippen MR) is 118 cm³/mol. The summed E-state index contributed by atoms with van der Waals surface area (Å²) in [7, 11) is 1.59. The molecule has 1 aliphatic heterocycles. The fraction of sp³-hybridized carbons (Fsp3) is 0.261. The van der Waals surface area contributed by atoms with Gasteiger partial charge in [0.2, 0.25) is 5.91 Å². The van der Waals surface area contributed by atoms with E-state index in [1.165, 1.54) is 0 Å². The molecule has 166 valence electrons. The number of amides is 2. The number of ether oxygens (including phenoxy) is 3. The third kappa shape index (κ3) is 4.51. The summed E-state index contributed by atoms with van der Waals surface area (Å²) in [5.74, 6) is 0.568. The zero-order valence-electron chi connectivity index (χ0n) is 17.8. The molecular weight excluding hydrogens is 412 g/mol. The summed E-state index contributed by atoms with van der Waals surface area (Å²) in [6.07, 6.45) is 3.04. The van der Waals surface area contributed by atoms with Gasteiger partial charge in [0.1, 0.15) is 23.9 Å². The first-order chi connectivity index (χ1) is 15.4. The van der Waals surface area contributed by atoms with Crippen molar-refractivity contribution in [1.82, 2.24) is 10.2 Å². The summed E-state index contributed by atoms with van der Waals surface area (Å²) in [6.45, 7) is 1.81. The third-order valence-corrected chi connectivity index (χ3v) is 5.32. The Balaban J connectivity index is 1.55. The van der Waals surface area contributed by atoms with Crippen LogP contribution in [0.2, 0.25) is 0 Å². The highest BCUT2D eigenvalue weighted by molar-refractivity contribution is 5.95. The molecule has 0 saturated heterocycles. The van der Waals surface area contributed by atoms with Crippen LogP contribution in [-0.2, 0) is 16.0 Å². The van der Waals surface area contributed by atoms with Gasteiger partial charge in [-0.05, 0) is 54.8 Å². The van der Waals surface area contributed by atoms with Crippen molar-refractivity contribution in [2.75, 3.05) is 19.0 Å². The Bertz CT molecular complexity index is 1130. The average molecular weight is 436 g/mol. The summed E-state index contributed by atoms with van der Waals surface area (Å²) in [4.78, 5) is 24.6. The van der Waals surface area contributed by atoms with Crippen LogP contribution >= 0.6 is 0 Å². The normalized spacial score (nSPS) is 15.8. The number of H-pyrrole nitrogens is 1. The van der Waals surface area contributed by atoms with E-state index in [1.54, 1.807) is 38.6 Å². The maximum atomic E-state index is 13.0. The summed E-state index contributed by atoms with van der Waals surface area (Å²) in [5, 5.41) is 9.61. The van der Waals surface area contributed by atoms with E-state index in [4.69, 9.17) is 19.9 Å². The minimum atomic E-state index is -0.873. The Kier molecular flexibility index (Phi) is 5.98. The van der Waals surface area contributed by atoms with Crippen LogP contribution in [0.3, 0.4) is 0 Å². The fourth-order valence-electron chi connectivity index (χ4n) is 3.46. The van der Waals surface area contributed by atoms with Crippen molar-refractivity contribution in [3.8, 4) is 28.4 Å². The van der Waals surface area contributed by atoms with Crippen molar-refractivity contribution in [3.63, 3.8) is 0 Å². The van der Waals surface area contributed by atoms with Crippen LogP contribution in [0.1, 0.15) is 12.5 Å². The number of nitrogens with one attached hydrogen (secondary N) is 2. The van der Waals surface area contributed by atoms with Crippen LogP contribution in [0.5, 0.6) is 17.2 Å². The molecule has 9 nitrogen and oxygen atoms in total. The van der Waals surface area contributed by atoms with E-state index in [0.29, 0.717) is 23.6 Å². The number of nitrogens with two attached hydrogens (primary N) is 1. The third-order valence-electron chi connectivity index (χ3n) is 5.32. The molecule has 2 aromatic carbocycles. The molecule has 32 heavy (non-hydrogen) atoms. The van der Waals surface area contributed by atoms with Gasteiger partial charge in [-0.2, -0.15) is 5.10 Å². The maximum Gasteiger partial charge on any atom is 0.258 e. The van der Waals surface area contributed by atoms with Crippen LogP contribution in [0.15, 0.2) is 48.8 Å². The van der Waals surface area contributed by atoms with E-state index in [1.807, 2.05) is 24.3 Å². The molecule has 0 spiro atoms. The van der Waals surface area contributed by atoms with Crippen molar-refractivity contribution in [1.29, 1.82) is 0 Å². The van der Waals surface area contributed by atoms with Gasteiger partial charge in [0.05, 0.1) is 24.9 Å². The van der Waals surface area contributed by atoms with Gasteiger partial charge in [-0.15, -0.1) is 0 Å². The predicted octanol–water partition coefficient (Wildman–Crippen LogP) is 2.53. The van der Waals surface area contributed by atoms with E-state index in [9.17, 15) is 9.59 Å². The van der Waals surface area contributed by atoms with E-state index in [0.717, 1.165) is 22.4 Å². The number of fused-ring (bicyclic) bond motifs is 1. The van der Waals surface area contributed by atoms with E-state index >= 15 is 0 Å². The number of hydrogen-bond acceptors (Lipinski definition) is 6. The van der Waals surface area contributed by atoms with Gasteiger partial charge in [-0.1, -0.05) is 6.07 Å². The topological polar surface area (TPSA) is 129 Å². The van der Waals surface area contributed by atoms with Crippen molar-refractivity contribution in [3.05, 3.63) is 54.4 Å². The number of aromatic nitrogens is 2. The highest BCUT2D eigenvalue weighted by Gasteiger charge is 2.27. The summed E-state index contributed by atoms with van der Waals surface area (Å²) in [6, 6.07) is 10.8. The monoisotopic (exact) mass is 436 g/mol. The largest absolute Gasteiger partial charge is 0.497 e. The number of rotatable bonds is 7. The second-order valence-electron chi connectivity index (χ2n) is 7.54. The molecular formula is C23H24N4O5. The van der Waals surface area contributed by atoms with Crippen LogP contribution in [-0.4, -0.2) is 41.8 Å². The lowest BCUT2D eigenvalue weighted by Crippen LogP contribution is -2.33. The number of benzene rings is 2. The number of carbonyl (C=O) groups excluding carboxylic acids is 2. The quantitative estimate of drug-likeness (QED) is 0.522. The molecule has 1 aliphatic rings. The molecule has 9 heteroatoms. The molecule has 4 N–H and O–H groups in total. The highest BCUT2D eigenvalue weighted by atomic mass is 16.5. The summed E-state index contributed by atoms with van der Waals surface area (Å²) >= 11 is 0. The second kappa shape index (κ2) is 9.01. The lowest BCUT2D eigenvalue weighted by Gasteiger charge is -2.25. The Morgan fingerprint density at radius 2 is 2.09 bits per heavy atom. The van der Waals surface area contributed by atoms with E-state index in [-0.39, 0.29) is 12.5 Å². The molecule has 4 rings (SSSR count). The molecule has 3 aromatic rings. The number of anilines is 1. The molecule has 0 saturated carbocycles. The average Bonchev–Trinajstić information content (AvgIpc) is 3.34. The van der Waals surface area contributed by atoms with Crippen LogP contribution < -0.4 is 25.3 Å². The molecule has 2 heterocycles. The van der Waals surface area contributed by atoms with Gasteiger partial charge in [-0.3, -0.25) is 14.7 Å². The van der Waals surface area contributed by atoms with Crippen molar-refractivity contribution in [2.24, 2.45) is 11.7 Å². The van der Waals surface area contributed by atoms with Gasteiger partial charge >= 0.3 is 0 Å². The van der Waals surface area contributed by atoms with Crippen LogP contribution in [0, 0.1) is 5.92 Å². The number of carbonyl (C=O) groups is 2. The first-order valence-electron chi connectivity index (χ1n) is 10.1. The minimum absolute atomic E-state index is 0.217. The van der Waals surface area contributed by atoms with Crippen molar-refractivity contribution < 1.29 is 23.8 Å². The Labute approximate surface area is 184 Å². The zero-order chi connectivity index (χ0) is 22.7. The van der Waals surface area contributed by atoms with Gasteiger partial charge < -0.3 is 25.3 Å². The molecule has 0 fully saturated rings. The lowest BCUT2D eigenvalue weighted by molar-refractivity contribution is -0.124. The van der Waals surface area contributed by atoms with Crippen molar-refractivity contribution >= 4 is 17.5 Å². The fourth-order valence-corrected chi connectivity index (χ4v) is 3.46. The second-order valence-corrected chi connectivity index (χ2v) is 7.54. The van der Waals surface area contributed by atoms with Gasteiger partial charge in [0.15, 0.2) is 6.10 Å². The molecule has 0 unspecified atom stereocenters. The SMILES string of the molecule is COc1ccc2c(c1)C[C@H](C(=O)Nc1ccc(-c3cn[nH]c3)cc1O[C@@H](C)C(N)=O)CO2. The Morgan fingerprint density at radius 1 is 1.25 bits per heavy atom. The molecule has 2 atom stereocenters. The Morgan fingerprint density at radius 3 is 2.81 bits per heavy atom. The minimum Gasteiger partial charge on any atom is -0.497 e. The highest BCUT2D eigenvalue weighted by Crippen LogP contribution is 2.34. The van der Waals surface area contributed by atoms with E-state index < -0.39 is 17.9 Å². The number of methoxy groups -OCH3 is 1. The van der Waals surface area contributed by atoms with Crippen LogP contribution in [0.25, 0.3) is 11.1 Å². The molecule has 0 aliphatic carbocycles. The number of hydrogen-bond donors (Lipinski definition) is 3. The summed E-state index contributed by atoms with van der Waals surface area (Å²) < 4.78 is 16.8. The Hall–Kier alpha value is -4.01. The summed E-state index contributed by atoms with van der Waals surface area (Å²) in [5.41, 5.74) is 8.35. The molecule has 2 amide bonds. The van der Waals surface area contributed by atoms with Gasteiger partial charge in [-0.25, -0.2) is 0 Å². The van der Waals surface area contributed by atoms with E-state index in [2.05, 4.69) is 15.5 Å². The maximum absolute atomic E-state index is 13.0. The molecule has 0 bridgehead atoms. The first kappa shape index (κ1) is 21.2. The van der Waals surface area contributed by atoms with Gasteiger partial charge in [0.25, 0.3) is 5.91 Å². The number of aromatic amines is 1.